The van der Waals surface area contributed by atoms with Gasteiger partial charge in [-0.05, 0) is 18.3 Å². The summed E-state index contributed by atoms with van der Waals surface area (Å²) in [6.07, 6.45) is 1.75. The van der Waals surface area contributed by atoms with E-state index < -0.39 is 5.97 Å². The fraction of sp³-hybridized carbons (Fsp3) is 0.875. The molecule has 1 aliphatic rings. The van der Waals surface area contributed by atoms with Crippen molar-refractivity contribution in [3.8, 4) is 0 Å². The van der Waals surface area contributed by atoms with Gasteiger partial charge in [-0.3, -0.25) is 4.79 Å². The van der Waals surface area contributed by atoms with Gasteiger partial charge in [0.05, 0.1) is 0 Å². The summed E-state index contributed by atoms with van der Waals surface area (Å²) in [4.78, 5) is 10.5. The number of carboxylic acids is 1. The van der Waals surface area contributed by atoms with E-state index in [0.29, 0.717) is 0 Å². The molecule has 3 heteroatoms. The summed E-state index contributed by atoms with van der Waals surface area (Å²) in [5, 5.41) is 11.7. The highest BCUT2D eigenvalue weighted by Crippen LogP contribution is 2.26. The van der Waals surface area contributed by atoms with Crippen LogP contribution in [-0.2, 0) is 4.79 Å². The lowest BCUT2D eigenvalue weighted by Gasteiger charge is -2.33. The minimum atomic E-state index is -0.722. The third-order valence-electron chi connectivity index (χ3n) is 2.23. The predicted octanol–water partition coefficient (Wildman–Crippen LogP) is 0.849. The van der Waals surface area contributed by atoms with Crippen LogP contribution in [0.1, 0.15) is 26.7 Å². The maximum absolute atomic E-state index is 10.5. The van der Waals surface area contributed by atoms with Crippen molar-refractivity contribution >= 4 is 5.97 Å². The van der Waals surface area contributed by atoms with E-state index in [1.807, 2.05) is 0 Å². The van der Waals surface area contributed by atoms with Gasteiger partial charge in [-0.1, -0.05) is 13.8 Å². The SMILES string of the molecule is CC1(C)CC[C@@H](C(=O)O)NC1. The van der Waals surface area contributed by atoms with Gasteiger partial charge in [0.15, 0.2) is 0 Å². The molecule has 0 aromatic heterocycles. The molecule has 0 aromatic carbocycles. The van der Waals surface area contributed by atoms with Crippen LogP contribution in [0.2, 0.25) is 0 Å². The standard InChI is InChI=1S/C8H15NO2/c1-8(2)4-3-6(7(10)11)9-5-8/h6,9H,3-5H2,1-2H3,(H,10,11)/t6-/m0/s1. The summed E-state index contributed by atoms with van der Waals surface area (Å²) >= 11 is 0. The lowest BCUT2D eigenvalue weighted by molar-refractivity contribution is -0.140. The Morgan fingerprint density at radius 2 is 2.27 bits per heavy atom. The minimum Gasteiger partial charge on any atom is -0.480 e. The largest absolute Gasteiger partial charge is 0.480 e. The Morgan fingerprint density at radius 3 is 2.64 bits per heavy atom. The fourth-order valence-electron chi connectivity index (χ4n) is 1.34. The number of aliphatic carboxylic acids is 1. The first kappa shape index (κ1) is 8.53. The maximum atomic E-state index is 10.5. The number of carbonyl (C=O) groups is 1. The number of carboxylic acid groups (broad SMARTS) is 1. The van der Waals surface area contributed by atoms with Gasteiger partial charge < -0.3 is 10.4 Å². The zero-order chi connectivity index (χ0) is 8.48. The van der Waals surface area contributed by atoms with Crippen LogP contribution in [0.3, 0.4) is 0 Å². The van der Waals surface area contributed by atoms with Crippen LogP contribution in [0.4, 0.5) is 0 Å². The molecular weight excluding hydrogens is 142 g/mol. The van der Waals surface area contributed by atoms with Crippen molar-refractivity contribution in [2.75, 3.05) is 6.54 Å². The van der Waals surface area contributed by atoms with E-state index in [2.05, 4.69) is 19.2 Å². The first-order chi connectivity index (χ1) is 5.01. The highest BCUT2D eigenvalue weighted by molar-refractivity contribution is 5.73. The van der Waals surface area contributed by atoms with Crippen molar-refractivity contribution in [2.45, 2.75) is 32.7 Å². The van der Waals surface area contributed by atoms with Gasteiger partial charge in [0.2, 0.25) is 0 Å². The summed E-state index contributed by atoms with van der Waals surface area (Å²) in [7, 11) is 0. The van der Waals surface area contributed by atoms with E-state index in [1.165, 1.54) is 0 Å². The van der Waals surface area contributed by atoms with Gasteiger partial charge >= 0.3 is 5.97 Å². The molecule has 1 saturated heterocycles. The Morgan fingerprint density at radius 1 is 1.64 bits per heavy atom. The normalized spacial score (nSPS) is 29.8. The zero-order valence-electron chi connectivity index (χ0n) is 7.05. The zero-order valence-corrected chi connectivity index (χ0v) is 7.05. The van der Waals surface area contributed by atoms with E-state index in [4.69, 9.17) is 5.11 Å². The molecular formula is C8H15NO2. The highest BCUT2D eigenvalue weighted by atomic mass is 16.4. The van der Waals surface area contributed by atoms with Crippen molar-refractivity contribution in [2.24, 2.45) is 5.41 Å². The average molecular weight is 157 g/mol. The Balaban J connectivity index is 2.42. The van der Waals surface area contributed by atoms with Gasteiger partial charge in [0.1, 0.15) is 6.04 Å². The summed E-state index contributed by atoms with van der Waals surface area (Å²) < 4.78 is 0. The van der Waals surface area contributed by atoms with Gasteiger partial charge in [-0.2, -0.15) is 0 Å². The minimum absolute atomic E-state index is 0.270. The molecule has 1 fully saturated rings. The number of hydrogen-bond donors (Lipinski definition) is 2. The molecule has 1 aliphatic heterocycles. The summed E-state index contributed by atoms with van der Waals surface area (Å²) in [5.74, 6) is -0.722. The second kappa shape index (κ2) is 2.81. The molecule has 0 radical (unpaired) electrons. The molecule has 1 atom stereocenters. The molecule has 0 aliphatic carbocycles. The van der Waals surface area contributed by atoms with Gasteiger partial charge in [-0.25, -0.2) is 0 Å². The quantitative estimate of drug-likeness (QED) is 0.593. The lowest BCUT2D eigenvalue weighted by Crippen LogP contribution is -2.47. The summed E-state index contributed by atoms with van der Waals surface area (Å²) in [6.45, 7) is 5.11. The molecule has 0 saturated carbocycles. The van der Waals surface area contributed by atoms with Gasteiger partial charge in [-0.15, -0.1) is 0 Å². The van der Waals surface area contributed by atoms with Crippen molar-refractivity contribution in [1.82, 2.24) is 5.32 Å². The molecule has 0 amide bonds. The Hall–Kier alpha value is -0.570. The Kier molecular flexibility index (Phi) is 2.18. The van der Waals surface area contributed by atoms with E-state index in [1.54, 1.807) is 0 Å². The fourth-order valence-corrected chi connectivity index (χ4v) is 1.34. The Bertz CT molecular complexity index is 155. The molecule has 1 rings (SSSR count). The second-order valence-electron chi connectivity index (χ2n) is 3.97. The smallest absolute Gasteiger partial charge is 0.320 e. The van der Waals surface area contributed by atoms with Gasteiger partial charge in [0.25, 0.3) is 0 Å². The molecule has 64 valence electrons. The number of piperidine rings is 1. The molecule has 3 nitrogen and oxygen atoms in total. The molecule has 1 heterocycles. The average Bonchev–Trinajstić information content (AvgIpc) is 1.86. The number of rotatable bonds is 1. The molecule has 2 N–H and O–H groups in total. The van der Waals surface area contributed by atoms with E-state index in [-0.39, 0.29) is 11.5 Å². The monoisotopic (exact) mass is 157 g/mol. The summed E-state index contributed by atoms with van der Waals surface area (Å²) in [5.41, 5.74) is 0.270. The highest BCUT2D eigenvalue weighted by Gasteiger charge is 2.29. The van der Waals surface area contributed by atoms with Crippen molar-refractivity contribution < 1.29 is 9.90 Å². The van der Waals surface area contributed by atoms with Gasteiger partial charge in [0, 0.05) is 6.54 Å². The van der Waals surface area contributed by atoms with Crippen LogP contribution in [0.5, 0.6) is 0 Å². The third-order valence-corrected chi connectivity index (χ3v) is 2.23. The first-order valence-electron chi connectivity index (χ1n) is 3.97. The Labute approximate surface area is 66.8 Å². The van der Waals surface area contributed by atoms with Crippen LogP contribution in [0.25, 0.3) is 0 Å². The molecule has 11 heavy (non-hydrogen) atoms. The third kappa shape index (κ3) is 2.19. The maximum Gasteiger partial charge on any atom is 0.320 e. The van der Waals surface area contributed by atoms with Crippen LogP contribution >= 0.6 is 0 Å². The van der Waals surface area contributed by atoms with E-state index >= 15 is 0 Å². The van der Waals surface area contributed by atoms with Crippen LogP contribution in [0, 0.1) is 5.41 Å². The molecule has 0 bridgehead atoms. The van der Waals surface area contributed by atoms with E-state index in [0.717, 1.165) is 19.4 Å². The summed E-state index contributed by atoms with van der Waals surface area (Å²) in [6, 6.07) is -0.317. The molecule has 0 aromatic rings. The predicted molar refractivity (Wildman–Crippen MR) is 42.4 cm³/mol. The lowest BCUT2D eigenvalue weighted by atomic mass is 9.83. The van der Waals surface area contributed by atoms with Crippen LogP contribution < -0.4 is 5.32 Å². The topological polar surface area (TPSA) is 49.3 Å². The molecule has 0 unspecified atom stereocenters. The number of nitrogens with one attached hydrogen (secondary N) is 1. The number of hydrogen-bond acceptors (Lipinski definition) is 2. The second-order valence-corrected chi connectivity index (χ2v) is 3.97. The molecule has 0 spiro atoms. The first-order valence-corrected chi connectivity index (χ1v) is 3.97. The van der Waals surface area contributed by atoms with Crippen molar-refractivity contribution in [3.63, 3.8) is 0 Å². The van der Waals surface area contributed by atoms with Crippen molar-refractivity contribution in [1.29, 1.82) is 0 Å². The van der Waals surface area contributed by atoms with E-state index in [9.17, 15) is 4.79 Å². The van der Waals surface area contributed by atoms with Crippen LogP contribution in [0.15, 0.2) is 0 Å². The van der Waals surface area contributed by atoms with Crippen LogP contribution in [-0.4, -0.2) is 23.7 Å². The van der Waals surface area contributed by atoms with Crippen molar-refractivity contribution in [3.05, 3.63) is 0 Å².